The van der Waals surface area contributed by atoms with Gasteiger partial charge < -0.3 is 15.4 Å². The van der Waals surface area contributed by atoms with Gasteiger partial charge in [0.1, 0.15) is 17.7 Å². The normalized spacial score (nSPS) is 19.0. The summed E-state index contributed by atoms with van der Waals surface area (Å²) in [5, 5.41) is 6.14. The van der Waals surface area contributed by atoms with Crippen molar-refractivity contribution in [2.45, 2.75) is 103 Å². The second-order valence-electron chi connectivity index (χ2n) is 14.0. The lowest BCUT2D eigenvalue weighted by Gasteiger charge is -2.32. The molecule has 2 aliphatic rings. The lowest BCUT2D eigenvalue weighted by molar-refractivity contribution is -0.123. The van der Waals surface area contributed by atoms with Gasteiger partial charge in [0.25, 0.3) is 0 Å². The minimum atomic E-state index is -4.50. The Bertz CT molecular complexity index is 1700. The summed E-state index contributed by atoms with van der Waals surface area (Å²) in [6.07, 6.45) is 14.9. The van der Waals surface area contributed by atoms with Gasteiger partial charge in [-0.3, -0.25) is 9.69 Å². The first kappa shape index (κ1) is 42.4. The van der Waals surface area contributed by atoms with Crippen molar-refractivity contribution in [1.82, 2.24) is 10.2 Å². The second-order valence-corrected chi connectivity index (χ2v) is 14.0. The second kappa shape index (κ2) is 21.5. The van der Waals surface area contributed by atoms with Crippen molar-refractivity contribution in [3.63, 3.8) is 0 Å². The van der Waals surface area contributed by atoms with Gasteiger partial charge in [0.2, 0.25) is 5.91 Å². The molecule has 1 saturated carbocycles. The lowest BCUT2D eigenvalue weighted by atomic mass is 9.86. The predicted molar refractivity (Wildman–Crippen MR) is 215 cm³/mol. The van der Waals surface area contributed by atoms with Crippen molar-refractivity contribution in [3.05, 3.63) is 119 Å². The fourth-order valence-corrected chi connectivity index (χ4v) is 7.18. The summed E-state index contributed by atoms with van der Waals surface area (Å²) in [6.45, 7) is 7.88. The van der Waals surface area contributed by atoms with Crippen LogP contribution in [-0.4, -0.2) is 55.8 Å². The number of halogens is 4. The molecule has 9 heteroatoms. The summed E-state index contributed by atoms with van der Waals surface area (Å²) < 4.78 is 66.0. The highest BCUT2D eigenvalue weighted by Gasteiger charge is 2.32. The van der Waals surface area contributed by atoms with Gasteiger partial charge in [-0.25, -0.2) is 4.39 Å². The van der Waals surface area contributed by atoms with Crippen LogP contribution in [0.15, 0.2) is 102 Å². The number of likely N-dealkylation sites (tertiary alicyclic amines) is 1. The molecule has 2 aromatic carbocycles. The van der Waals surface area contributed by atoms with Gasteiger partial charge in [-0.15, -0.1) is 0 Å². The number of allylic oxidation sites excluding steroid dienone is 8. The number of piperidine rings is 1. The predicted octanol–water partition coefficient (Wildman–Crippen LogP) is 11.6. The summed E-state index contributed by atoms with van der Waals surface area (Å²) in [7, 11) is 1.59. The molecule has 2 aromatic rings. The summed E-state index contributed by atoms with van der Waals surface area (Å²) in [5.74, 6) is 0.0763. The van der Waals surface area contributed by atoms with E-state index in [2.05, 4.69) is 15.5 Å². The minimum Gasteiger partial charge on any atom is -0.489 e. The van der Waals surface area contributed by atoms with E-state index in [0.29, 0.717) is 65.2 Å². The third-order valence-electron chi connectivity index (χ3n) is 9.79. The molecular formula is C45H57F4N3O2. The standard InChI is InChI=1S/C45H57F4N3O2/c1-5-16-37(54-38-22-14-28-52(32-38)29-15-23-43(53)50-4)26-24-33(7-3)44(40(31-45(47,48)49)34-18-10-8-11-19-34)35-25-27-42(39(30-35)41(46)17-6-2)51-36-20-12-9-13-21-36/h7-8,10-11,15-19,23-27,30,36,38,51H,5-6,9,12-14,20-22,28-29,31-32H2,1-4H3,(H,50,53)/b23-15+,26-24-,33-7+,37-16-,41-17-,44-40+. The molecule has 0 radical (unpaired) electrons. The summed E-state index contributed by atoms with van der Waals surface area (Å²) in [4.78, 5) is 13.9. The average Bonchev–Trinajstić information content (AvgIpc) is 3.16. The van der Waals surface area contributed by atoms with Crippen molar-refractivity contribution in [2.75, 3.05) is 32.0 Å². The Morgan fingerprint density at radius 3 is 2.33 bits per heavy atom. The van der Waals surface area contributed by atoms with Crippen LogP contribution in [0.4, 0.5) is 23.2 Å². The molecule has 1 amide bonds. The molecule has 4 rings (SSSR count). The number of alkyl halides is 3. The van der Waals surface area contributed by atoms with E-state index < -0.39 is 18.4 Å². The first-order valence-electron chi connectivity index (χ1n) is 19.5. The number of benzene rings is 2. The average molecular weight is 748 g/mol. The smallest absolute Gasteiger partial charge is 0.393 e. The van der Waals surface area contributed by atoms with Crippen LogP contribution in [0.25, 0.3) is 17.0 Å². The zero-order valence-corrected chi connectivity index (χ0v) is 32.3. The first-order valence-corrected chi connectivity index (χ1v) is 19.5. The van der Waals surface area contributed by atoms with Crippen LogP contribution in [0.3, 0.4) is 0 Å². The molecule has 2 fully saturated rings. The Morgan fingerprint density at radius 2 is 1.67 bits per heavy atom. The van der Waals surface area contributed by atoms with E-state index in [-0.39, 0.29) is 23.6 Å². The molecule has 1 unspecified atom stereocenters. The monoisotopic (exact) mass is 747 g/mol. The van der Waals surface area contributed by atoms with Crippen LogP contribution in [-0.2, 0) is 9.53 Å². The van der Waals surface area contributed by atoms with Crippen LogP contribution < -0.4 is 10.6 Å². The van der Waals surface area contributed by atoms with Crippen molar-refractivity contribution < 1.29 is 27.1 Å². The van der Waals surface area contributed by atoms with Crippen molar-refractivity contribution >= 4 is 28.6 Å². The number of nitrogens with zero attached hydrogens (tertiary/aromatic N) is 1. The third kappa shape index (κ3) is 13.2. The van der Waals surface area contributed by atoms with E-state index in [1.54, 1.807) is 43.4 Å². The first-order chi connectivity index (χ1) is 26.0. The van der Waals surface area contributed by atoms with Gasteiger partial charge in [0.15, 0.2) is 0 Å². The molecule has 54 heavy (non-hydrogen) atoms. The summed E-state index contributed by atoms with van der Waals surface area (Å²) in [5.41, 5.74) is 2.99. The molecule has 292 valence electrons. The lowest BCUT2D eigenvalue weighted by Crippen LogP contribution is -2.39. The largest absolute Gasteiger partial charge is 0.489 e. The number of carbonyl (C=O) groups is 1. The van der Waals surface area contributed by atoms with E-state index in [9.17, 15) is 18.0 Å². The van der Waals surface area contributed by atoms with Crippen molar-refractivity contribution in [2.24, 2.45) is 0 Å². The molecule has 1 aliphatic heterocycles. The number of likely N-dealkylation sites (N-methyl/N-ethyl adjacent to an activating group) is 1. The Morgan fingerprint density at radius 1 is 0.926 bits per heavy atom. The number of hydrogen-bond donors (Lipinski definition) is 2. The Hall–Kier alpha value is -4.37. The number of amides is 1. The van der Waals surface area contributed by atoms with E-state index in [1.165, 1.54) is 18.6 Å². The van der Waals surface area contributed by atoms with Crippen LogP contribution in [0.1, 0.15) is 102 Å². The maximum absolute atomic E-state index is 15.9. The molecule has 1 aliphatic carbocycles. The fraction of sp³-hybridized carbons (Fsp3) is 0.444. The Labute approximate surface area is 319 Å². The van der Waals surface area contributed by atoms with Crippen molar-refractivity contribution in [1.29, 1.82) is 0 Å². The summed E-state index contributed by atoms with van der Waals surface area (Å²) in [6, 6.07) is 14.2. The quantitative estimate of drug-likeness (QED) is 0.0590. The van der Waals surface area contributed by atoms with E-state index in [4.69, 9.17) is 4.74 Å². The number of ether oxygens (including phenoxy) is 1. The summed E-state index contributed by atoms with van der Waals surface area (Å²) >= 11 is 0. The van der Waals surface area contributed by atoms with Crippen molar-refractivity contribution in [3.8, 4) is 0 Å². The minimum absolute atomic E-state index is 0.0936. The molecule has 1 heterocycles. The van der Waals surface area contributed by atoms with Gasteiger partial charge in [-0.2, -0.15) is 13.2 Å². The van der Waals surface area contributed by atoms with Gasteiger partial charge in [-0.05, 0) is 110 Å². The number of hydrogen-bond acceptors (Lipinski definition) is 4. The zero-order valence-electron chi connectivity index (χ0n) is 32.3. The SMILES string of the molecule is C/C=C(\C=C/C(=C/CC)OC1CCCN(C/C=C/C(=O)NC)C1)C(=C(/CC(F)(F)F)c1ccccc1)/c1ccc(NC2CCCCC2)c(/C(F)=C/CC)c1. The number of nitrogens with one attached hydrogen (secondary N) is 2. The molecule has 1 atom stereocenters. The molecule has 2 N–H and O–H groups in total. The number of carbonyl (C=O) groups excluding carboxylic acids is 1. The number of anilines is 1. The number of rotatable bonds is 16. The topological polar surface area (TPSA) is 53.6 Å². The molecule has 5 nitrogen and oxygen atoms in total. The van der Waals surface area contributed by atoms with E-state index in [1.807, 2.05) is 63.3 Å². The highest BCUT2D eigenvalue weighted by atomic mass is 19.4. The Balaban J connectivity index is 1.78. The molecular weight excluding hydrogens is 691 g/mol. The van der Waals surface area contributed by atoms with Gasteiger partial charge in [0.05, 0.1) is 6.42 Å². The molecule has 1 saturated heterocycles. The van der Waals surface area contributed by atoms with Gasteiger partial charge in [-0.1, -0.05) is 87.7 Å². The zero-order chi connectivity index (χ0) is 38.9. The maximum atomic E-state index is 15.9. The Kier molecular flexibility index (Phi) is 16.9. The molecule has 0 aromatic heterocycles. The van der Waals surface area contributed by atoms with Gasteiger partial charge >= 0.3 is 6.18 Å². The fourth-order valence-electron chi connectivity index (χ4n) is 7.18. The van der Waals surface area contributed by atoms with Gasteiger partial charge in [0, 0.05) is 43.5 Å². The van der Waals surface area contributed by atoms with Crippen LogP contribution in [0, 0.1) is 0 Å². The molecule has 0 bridgehead atoms. The van der Waals surface area contributed by atoms with Crippen LogP contribution in [0.2, 0.25) is 0 Å². The maximum Gasteiger partial charge on any atom is 0.393 e. The molecule has 0 spiro atoms. The van der Waals surface area contributed by atoms with E-state index in [0.717, 1.165) is 45.1 Å². The van der Waals surface area contributed by atoms with Crippen LogP contribution in [0.5, 0.6) is 0 Å². The van der Waals surface area contributed by atoms with Crippen LogP contribution >= 0.6 is 0 Å². The highest BCUT2D eigenvalue weighted by Crippen LogP contribution is 2.42. The van der Waals surface area contributed by atoms with E-state index >= 15 is 4.39 Å². The third-order valence-corrected chi connectivity index (χ3v) is 9.79. The highest BCUT2D eigenvalue weighted by molar-refractivity contribution is 6.00.